The third-order valence-corrected chi connectivity index (χ3v) is 5.32. The third-order valence-electron chi connectivity index (χ3n) is 5.32. The van der Waals surface area contributed by atoms with Gasteiger partial charge in [0.2, 0.25) is 5.91 Å². The Morgan fingerprint density at radius 2 is 1.78 bits per heavy atom. The molecule has 1 aliphatic rings. The van der Waals surface area contributed by atoms with Crippen molar-refractivity contribution in [2.75, 3.05) is 0 Å². The Balaban J connectivity index is 1.87. The zero-order valence-electron chi connectivity index (χ0n) is 16.0. The number of fused-ring (bicyclic) bond motifs is 1. The second-order valence-electron chi connectivity index (χ2n) is 7.42. The van der Waals surface area contributed by atoms with Crippen LogP contribution in [0.1, 0.15) is 55.7 Å². The molecule has 2 aromatic rings. The van der Waals surface area contributed by atoms with Gasteiger partial charge >= 0.3 is 11.6 Å². The summed E-state index contributed by atoms with van der Waals surface area (Å²) in [6, 6.07) is 5.11. The number of benzene rings is 1. The van der Waals surface area contributed by atoms with Crippen LogP contribution in [0.3, 0.4) is 0 Å². The molecular weight excluding hydrogens is 346 g/mol. The van der Waals surface area contributed by atoms with Crippen molar-refractivity contribution < 1.29 is 18.7 Å². The molecule has 0 spiro atoms. The van der Waals surface area contributed by atoms with E-state index in [1.165, 1.54) is 13.0 Å². The summed E-state index contributed by atoms with van der Waals surface area (Å²) in [4.78, 5) is 36.3. The topological polar surface area (TPSA) is 85.6 Å². The van der Waals surface area contributed by atoms with Crippen molar-refractivity contribution in [1.29, 1.82) is 0 Å². The van der Waals surface area contributed by atoms with Crippen molar-refractivity contribution in [3.05, 3.63) is 45.3 Å². The van der Waals surface area contributed by atoms with Gasteiger partial charge in [-0.1, -0.05) is 19.3 Å². The average molecular weight is 371 g/mol. The molecule has 0 atom stereocenters. The molecule has 0 aliphatic heterocycles. The maximum absolute atomic E-state index is 12.8. The quantitative estimate of drug-likeness (QED) is 0.658. The number of nitrogens with one attached hydrogen (secondary N) is 1. The Labute approximate surface area is 157 Å². The van der Waals surface area contributed by atoms with Crippen molar-refractivity contribution in [2.45, 2.75) is 65.0 Å². The highest BCUT2D eigenvalue weighted by Gasteiger charge is 2.41. The molecule has 1 aromatic carbocycles. The van der Waals surface area contributed by atoms with Crippen LogP contribution in [0.5, 0.6) is 0 Å². The summed E-state index contributed by atoms with van der Waals surface area (Å²) in [6.45, 7) is 5.29. The molecule has 6 nitrogen and oxygen atoms in total. The summed E-state index contributed by atoms with van der Waals surface area (Å²) in [5.41, 5.74) is 1.72. The van der Waals surface area contributed by atoms with Crippen LogP contribution in [0.25, 0.3) is 11.0 Å². The number of hydrogen-bond acceptors (Lipinski definition) is 5. The molecular formula is C21H25NO5. The molecule has 1 N–H and O–H groups in total. The summed E-state index contributed by atoms with van der Waals surface area (Å²) in [5, 5.41) is 3.56. The lowest BCUT2D eigenvalue weighted by molar-refractivity contribution is -0.156. The zero-order valence-corrected chi connectivity index (χ0v) is 16.0. The van der Waals surface area contributed by atoms with Crippen LogP contribution >= 0.6 is 0 Å². The van der Waals surface area contributed by atoms with Crippen LogP contribution in [-0.2, 0) is 20.9 Å². The number of carbonyl (C=O) groups excluding carboxylic acids is 2. The Morgan fingerprint density at radius 3 is 2.44 bits per heavy atom. The van der Waals surface area contributed by atoms with E-state index in [0.29, 0.717) is 24.0 Å². The summed E-state index contributed by atoms with van der Waals surface area (Å²) < 4.78 is 10.9. The van der Waals surface area contributed by atoms with E-state index in [9.17, 15) is 14.4 Å². The van der Waals surface area contributed by atoms with Crippen molar-refractivity contribution in [2.24, 2.45) is 0 Å². The van der Waals surface area contributed by atoms with E-state index in [1.54, 1.807) is 0 Å². The number of rotatable bonds is 4. The second-order valence-corrected chi connectivity index (χ2v) is 7.42. The van der Waals surface area contributed by atoms with Gasteiger partial charge in [0.25, 0.3) is 0 Å². The molecule has 1 aromatic heterocycles. The molecule has 0 bridgehead atoms. The number of hydrogen-bond donors (Lipinski definition) is 1. The molecule has 1 amide bonds. The van der Waals surface area contributed by atoms with Crippen LogP contribution in [-0.4, -0.2) is 17.4 Å². The van der Waals surface area contributed by atoms with Crippen LogP contribution in [0, 0.1) is 13.8 Å². The highest BCUT2D eigenvalue weighted by molar-refractivity contribution is 5.88. The lowest BCUT2D eigenvalue weighted by Gasteiger charge is -2.35. The average Bonchev–Trinajstić information content (AvgIpc) is 2.61. The smallest absolute Gasteiger partial charge is 0.336 e. The fraction of sp³-hybridized carbons (Fsp3) is 0.476. The molecule has 0 saturated heterocycles. The summed E-state index contributed by atoms with van der Waals surface area (Å²) in [5.74, 6) is -0.687. The van der Waals surface area contributed by atoms with Crippen LogP contribution < -0.4 is 10.9 Å². The van der Waals surface area contributed by atoms with Gasteiger partial charge in [-0.05, 0) is 49.9 Å². The minimum atomic E-state index is -0.966. The lowest BCUT2D eigenvalue weighted by atomic mass is 9.81. The Morgan fingerprint density at radius 1 is 1.11 bits per heavy atom. The van der Waals surface area contributed by atoms with Crippen molar-refractivity contribution in [3.8, 4) is 0 Å². The Hall–Kier alpha value is -2.63. The van der Waals surface area contributed by atoms with Crippen LogP contribution in [0.2, 0.25) is 0 Å². The number of carbonyl (C=O) groups is 2. The number of ether oxygens (including phenoxy) is 1. The summed E-state index contributed by atoms with van der Waals surface area (Å²) in [7, 11) is 0. The molecule has 1 aliphatic carbocycles. The van der Waals surface area contributed by atoms with Gasteiger partial charge in [-0.25, -0.2) is 9.59 Å². The first-order valence-electron chi connectivity index (χ1n) is 9.31. The predicted molar refractivity (Wildman–Crippen MR) is 101 cm³/mol. The third kappa shape index (κ3) is 4.04. The molecule has 1 fully saturated rings. The van der Waals surface area contributed by atoms with Gasteiger partial charge < -0.3 is 14.5 Å². The van der Waals surface area contributed by atoms with Gasteiger partial charge in [-0.3, -0.25) is 4.79 Å². The monoisotopic (exact) mass is 371 g/mol. The summed E-state index contributed by atoms with van der Waals surface area (Å²) >= 11 is 0. The van der Waals surface area contributed by atoms with Gasteiger partial charge in [0.05, 0.1) is 0 Å². The minimum Gasteiger partial charge on any atom is -0.459 e. The lowest BCUT2D eigenvalue weighted by Crippen LogP contribution is -2.55. The fourth-order valence-electron chi connectivity index (χ4n) is 3.76. The minimum absolute atomic E-state index is 0.0369. The van der Waals surface area contributed by atoms with Gasteiger partial charge in [-0.15, -0.1) is 0 Å². The molecule has 144 valence electrons. The number of aryl methyl sites for hydroxylation is 2. The molecule has 1 saturated carbocycles. The Bertz CT molecular complexity index is 937. The van der Waals surface area contributed by atoms with E-state index in [-0.39, 0.29) is 12.5 Å². The van der Waals surface area contributed by atoms with Crippen molar-refractivity contribution >= 4 is 22.8 Å². The first-order valence-corrected chi connectivity index (χ1v) is 9.31. The fourth-order valence-corrected chi connectivity index (χ4v) is 3.76. The normalized spacial score (nSPS) is 16.1. The van der Waals surface area contributed by atoms with E-state index in [2.05, 4.69) is 5.32 Å². The molecule has 1 heterocycles. The van der Waals surface area contributed by atoms with E-state index in [4.69, 9.17) is 9.15 Å². The summed E-state index contributed by atoms with van der Waals surface area (Å²) in [6.07, 6.45) is 3.91. The van der Waals surface area contributed by atoms with Crippen LogP contribution in [0.15, 0.2) is 27.4 Å². The predicted octanol–water partition coefficient (Wildman–Crippen LogP) is 3.29. The van der Waals surface area contributed by atoms with Gasteiger partial charge in [0, 0.05) is 23.9 Å². The molecule has 0 unspecified atom stereocenters. The van der Waals surface area contributed by atoms with Crippen molar-refractivity contribution in [3.63, 3.8) is 0 Å². The number of esters is 1. The van der Waals surface area contributed by atoms with E-state index in [1.807, 2.05) is 26.0 Å². The van der Waals surface area contributed by atoms with E-state index in [0.717, 1.165) is 35.8 Å². The molecule has 6 heteroatoms. The molecule has 0 radical (unpaired) electrons. The number of amides is 1. The van der Waals surface area contributed by atoms with Crippen LogP contribution in [0.4, 0.5) is 0 Å². The Kier molecular flexibility index (Phi) is 5.35. The highest BCUT2D eigenvalue weighted by atomic mass is 16.5. The molecule has 3 rings (SSSR count). The second kappa shape index (κ2) is 7.55. The van der Waals surface area contributed by atoms with E-state index >= 15 is 0 Å². The van der Waals surface area contributed by atoms with E-state index < -0.39 is 17.1 Å². The standard InChI is InChI=1S/C21H25NO5/c1-13-9-17-16(11-19(24)27-18(17)10-14(13)2)12-26-20(25)21(22-15(3)23)7-5-4-6-8-21/h9-11H,4-8,12H2,1-3H3,(H,22,23). The SMILES string of the molecule is CC(=O)NC1(C(=O)OCc2cc(=O)oc3cc(C)c(C)cc23)CCCCC1. The first kappa shape index (κ1) is 19.1. The van der Waals surface area contributed by atoms with Gasteiger partial charge in [0.1, 0.15) is 17.7 Å². The zero-order chi connectivity index (χ0) is 19.6. The van der Waals surface area contributed by atoms with Gasteiger partial charge in [-0.2, -0.15) is 0 Å². The largest absolute Gasteiger partial charge is 0.459 e. The van der Waals surface area contributed by atoms with Crippen molar-refractivity contribution in [1.82, 2.24) is 5.32 Å². The first-order chi connectivity index (χ1) is 12.8. The molecule has 27 heavy (non-hydrogen) atoms. The highest BCUT2D eigenvalue weighted by Crippen LogP contribution is 2.30. The van der Waals surface area contributed by atoms with Gasteiger partial charge in [0.15, 0.2) is 0 Å². The maximum atomic E-state index is 12.8. The maximum Gasteiger partial charge on any atom is 0.336 e.